The van der Waals surface area contributed by atoms with Crippen LogP contribution in [0.4, 0.5) is 8.78 Å². The molecule has 0 amide bonds. The average molecular weight is 267 g/mol. The van der Waals surface area contributed by atoms with Crippen molar-refractivity contribution in [2.75, 3.05) is 20.3 Å². The second-order valence-electron chi connectivity index (χ2n) is 2.54. The van der Waals surface area contributed by atoms with E-state index in [2.05, 4.69) is 15.9 Å². The zero-order valence-corrected chi connectivity index (χ0v) is 9.11. The quantitative estimate of drug-likeness (QED) is 0.617. The number of benzene rings is 1. The van der Waals surface area contributed by atoms with Gasteiger partial charge in [-0.1, -0.05) is 15.9 Å². The van der Waals surface area contributed by atoms with Crippen molar-refractivity contribution in [3.8, 4) is 5.75 Å². The highest BCUT2D eigenvalue weighted by Crippen LogP contribution is 2.25. The summed E-state index contributed by atoms with van der Waals surface area (Å²) in [5.74, 6) is -2.04. The van der Waals surface area contributed by atoms with Crippen LogP contribution in [0.1, 0.15) is 0 Å². The van der Waals surface area contributed by atoms with E-state index in [0.29, 0.717) is 11.1 Å². The van der Waals surface area contributed by atoms with Gasteiger partial charge in [0, 0.05) is 11.6 Å². The summed E-state index contributed by atoms with van der Waals surface area (Å²) in [6, 6.07) is 2.41. The maximum absolute atomic E-state index is 13.0. The number of rotatable bonds is 4. The van der Waals surface area contributed by atoms with E-state index in [0.717, 1.165) is 6.07 Å². The molecule has 0 saturated carbocycles. The largest absolute Gasteiger partial charge is 0.488 e. The second-order valence-corrected chi connectivity index (χ2v) is 3.46. The Labute approximate surface area is 89.0 Å². The van der Waals surface area contributed by atoms with Gasteiger partial charge in [0.05, 0.1) is 6.61 Å². The van der Waals surface area contributed by atoms with Crippen LogP contribution < -0.4 is 4.74 Å². The Kier molecular flexibility index (Phi) is 4.28. The molecule has 78 valence electrons. The molecule has 0 saturated heterocycles. The predicted molar refractivity (Wildman–Crippen MR) is 51.4 cm³/mol. The molecule has 2 nitrogen and oxygen atoms in total. The number of halogens is 3. The molecule has 14 heavy (non-hydrogen) atoms. The van der Waals surface area contributed by atoms with Crippen molar-refractivity contribution in [1.29, 1.82) is 0 Å². The third-order valence-electron chi connectivity index (χ3n) is 1.50. The Morgan fingerprint density at radius 3 is 2.64 bits per heavy atom. The average Bonchev–Trinajstić information content (AvgIpc) is 2.13. The van der Waals surface area contributed by atoms with Crippen molar-refractivity contribution in [3.05, 3.63) is 28.2 Å². The molecular weight excluding hydrogens is 258 g/mol. The van der Waals surface area contributed by atoms with E-state index in [4.69, 9.17) is 9.47 Å². The van der Waals surface area contributed by atoms with Gasteiger partial charge >= 0.3 is 0 Å². The number of methoxy groups -OCH3 is 1. The standard InChI is InChI=1S/C9H9BrF2O2/c1-13-2-3-14-8-5-6(10)4-7(11)9(8)12/h4-5H,2-3H2,1H3. The molecule has 1 aromatic rings. The Morgan fingerprint density at radius 2 is 2.00 bits per heavy atom. The molecule has 0 heterocycles. The molecule has 0 atom stereocenters. The molecule has 0 N–H and O–H groups in total. The lowest BCUT2D eigenvalue weighted by Gasteiger charge is -2.07. The summed E-state index contributed by atoms with van der Waals surface area (Å²) in [6.07, 6.45) is 0. The Balaban J connectivity index is 2.75. The molecule has 0 bridgehead atoms. The van der Waals surface area contributed by atoms with Gasteiger partial charge in [-0.3, -0.25) is 0 Å². The first kappa shape index (κ1) is 11.4. The molecule has 0 aliphatic heterocycles. The van der Waals surface area contributed by atoms with Gasteiger partial charge in [0.2, 0.25) is 5.82 Å². The zero-order chi connectivity index (χ0) is 10.6. The third-order valence-corrected chi connectivity index (χ3v) is 1.96. The van der Waals surface area contributed by atoms with Crippen LogP contribution in [0, 0.1) is 11.6 Å². The number of hydrogen-bond acceptors (Lipinski definition) is 2. The monoisotopic (exact) mass is 266 g/mol. The lowest BCUT2D eigenvalue weighted by molar-refractivity contribution is 0.143. The van der Waals surface area contributed by atoms with Gasteiger partial charge in [-0.15, -0.1) is 0 Å². The number of ether oxygens (including phenoxy) is 2. The smallest absolute Gasteiger partial charge is 0.200 e. The van der Waals surface area contributed by atoms with Crippen molar-refractivity contribution < 1.29 is 18.3 Å². The van der Waals surface area contributed by atoms with Crippen molar-refractivity contribution in [1.82, 2.24) is 0 Å². The van der Waals surface area contributed by atoms with Crippen LogP contribution in [0.15, 0.2) is 16.6 Å². The summed E-state index contributed by atoms with van der Waals surface area (Å²) in [4.78, 5) is 0. The van der Waals surface area contributed by atoms with Crippen LogP contribution in [0.2, 0.25) is 0 Å². The second kappa shape index (κ2) is 5.26. The highest BCUT2D eigenvalue weighted by molar-refractivity contribution is 9.10. The van der Waals surface area contributed by atoms with Crippen LogP contribution in [0.25, 0.3) is 0 Å². The van der Waals surface area contributed by atoms with E-state index in [1.54, 1.807) is 0 Å². The Hall–Kier alpha value is -0.680. The maximum atomic E-state index is 13.0. The Bertz CT molecular complexity index is 318. The summed E-state index contributed by atoms with van der Waals surface area (Å²) in [5, 5.41) is 0. The van der Waals surface area contributed by atoms with Crippen molar-refractivity contribution in [3.63, 3.8) is 0 Å². The molecule has 0 fully saturated rings. The molecule has 0 aliphatic carbocycles. The van der Waals surface area contributed by atoms with E-state index in [1.165, 1.54) is 13.2 Å². The molecule has 0 unspecified atom stereocenters. The minimum Gasteiger partial charge on any atom is -0.488 e. The fraction of sp³-hybridized carbons (Fsp3) is 0.333. The molecule has 1 rings (SSSR count). The van der Waals surface area contributed by atoms with Gasteiger partial charge in [-0.25, -0.2) is 4.39 Å². The summed E-state index contributed by atoms with van der Waals surface area (Å²) < 4.78 is 36.0. The van der Waals surface area contributed by atoms with Gasteiger partial charge in [-0.2, -0.15) is 4.39 Å². The topological polar surface area (TPSA) is 18.5 Å². The van der Waals surface area contributed by atoms with Crippen LogP contribution in [-0.4, -0.2) is 20.3 Å². The van der Waals surface area contributed by atoms with E-state index < -0.39 is 11.6 Å². The maximum Gasteiger partial charge on any atom is 0.200 e. The van der Waals surface area contributed by atoms with E-state index in [1.807, 2.05) is 0 Å². The first-order chi connectivity index (χ1) is 6.65. The van der Waals surface area contributed by atoms with E-state index in [-0.39, 0.29) is 12.4 Å². The van der Waals surface area contributed by atoms with Gasteiger partial charge in [0.1, 0.15) is 6.61 Å². The summed E-state index contributed by atoms with van der Waals surface area (Å²) in [7, 11) is 1.50. The van der Waals surface area contributed by atoms with Gasteiger partial charge in [0.25, 0.3) is 0 Å². The minimum absolute atomic E-state index is 0.117. The summed E-state index contributed by atoms with van der Waals surface area (Å²) >= 11 is 3.04. The SMILES string of the molecule is COCCOc1cc(Br)cc(F)c1F. The fourth-order valence-electron chi connectivity index (χ4n) is 0.872. The lowest BCUT2D eigenvalue weighted by Crippen LogP contribution is -2.06. The normalized spacial score (nSPS) is 10.3. The van der Waals surface area contributed by atoms with E-state index >= 15 is 0 Å². The first-order valence-electron chi connectivity index (χ1n) is 3.91. The fourth-order valence-corrected chi connectivity index (χ4v) is 1.28. The highest BCUT2D eigenvalue weighted by Gasteiger charge is 2.10. The molecule has 1 aromatic carbocycles. The van der Waals surface area contributed by atoms with Crippen molar-refractivity contribution in [2.24, 2.45) is 0 Å². The van der Waals surface area contributed by atoms with Gasteiger partial charge < -0.3 is 9.47 Å². The first-order valence-corrected chi connectivity index (χ1v) is 4.70. The van der Waals surface area contributed by atoms with Crippen LogP contribution in [0.3, 0.4) is 0 Å². The molecule has 5 heteroatoms. The van der Waals surface area contributed by atoms with Crippen LogP contribution in [-0.2, 0) is 4.74 Å². The van der Waals surface area contributed by atoms with Gasteiger partial charge in [-0.05, 0) is 12.1 Å². The lowest BCUT2D eigenvalue weighted by atomic mass is 10.3. The van der Waals surface area contributed by atoms with Crippen LogP contribution in [0.5, 0.6) is 5.75 Å². The minimum atomic E-state index is -0.982. The highest BCUT2D eigenvalue weighted by atomic mass is 79.9. The molecule has 0 aliphatic rings. The Morgan fingerprint density at radius 1 is 1.29 bits per heavy atom. The molecular formula is C9H9BrF2O2. The summed E-state index contributed by atoms with van der Waals surface area (Å²) in [5.41, 5.74) is 0. The third kappa shape index (κ3) is 2.92. The predicted octanol–water partition coefficient (Wildman–Crippen LogP) is 2.75. The summed E-state index contributed by atoms with van der Waals surface area (Å²) in [6.45, 7) is 0.511. The van der Waals surface area contributed by atoms with Crippen LogP contribution >= 0.6 is 15.9 Å². The molecule has 0 radical (unpaired) electrons. The van der Waals surface area contributed by atoms with Crippen molar-refractivity contribution in [2.45, 2.75) is 0 Å². The van der Waals surface area contributed by atoms with Crippen molar-refractivity contribution >= 4 is 15.9 Å². The number of hydrogen-bond donors (Lipinski definition) is 0. The zero-order valence-electron chi connectivity index (χ0n) is 7.52. The van der Waals surface area contributed by atoms with Gasteiger partial charge in [0.15, 0.2) is 11.6 Å². The molecule has 0 spiro atoms. The van der Waals surface area contributed by atoms with E-state index in [9.17, 15) is 8.78 Å². The molecule has 0 aromatic heterocycles.